The van der Waals surface area contributed by atoms with Gasteiger partial charge in [0.05, 0.1) is 5.69 Å². The summed E-state index contributed by atoms with van der Waals surface area (Å²) in [5.41, 5.74) is 1.16. The molecule has 0 spiro atoms. The SMILES string of the molecule is CCCC(Nc1cccnc1)C1CC1. The van der Waals surface area contributed by atoms with Crippen molar-refractivity contribution in [3.8, 4) is 0 Å². The highest BCUT2D eigenvalue weighted by molar-refractivity contribution is 5.41. The highest BCUT2D eigenvalue weighted by Crippen LogP contribution is 2.36. The number of nitrogens with zero attached hydrogens (tertiary/aromatic N) is 1. The predicted octanol–water partition coefficient (Wildman–Crippen LogP) is 3.07. The van der Waals surface area contributed by atoms with Gasteiger partial charge in [0.2, 0.25) is 0 Å². The predicted molar refractivity (Wildman–Crippen MR) is 59.3 cm³/mol. The molecule has 0 aromatic carbocycles. The van der Waals surface area contributed by atoms with Crippen molar-refractivity contribution >= 4 is 5.69 Å². The van der Waals surface area contributed by atoms with Crippen LogP contribution in [0.1, 0.15) is 32.6 Å². The first-order valence-electron chi connectivity index (χ1n) is 5.56. The average Bonchev–Trinajstić information content (AvgIpc) is 3.02. The molecule has 0 amide bonds. The standard InChI is InChI=1S/C12H18N2/c1-2-4-12(10-6-7-10)14-11-5-3-8-13-9-11/h3,5,8-10,12,14H,2,4,6-7H2,1H3. The molecule has 1 fully saturated rings. The zero-order valence-corrected chi connectivity index (χ0v) is 8.74. The van der Waals surface area contributed by atoms with Gasteiger partial charge in [0.25, 0.3) is 0 Å². The first-order valence-corrected chi connectivity index (χ1v) is 5.56. The van der Waals surface area contributed by atoms with Gasteiger partial charge in [-0.3, -0.25) is 4.98 Å². The van der Waals surface area contributed by atoms with Crippen molar-refractivity contribution in [3.63, 3.8) is 0 Å². The van der Waals surface area contributed by atoms with Gasteiger partial charge in [-0.1, -0.05) is 13.3 Å². The van der Waals surface area contributed by atoms with Gasteiger partial charge in [-0.2, -0.15) is 0 Å². The number of pyridine rings is 1. The van der Waals surface area contributed by atoms with Gasteiger partial charge < -0.3 is 5.32 Å². The monoisotopic (exact) mass is 190 g/mol. The third kappa shape index (κ3) is 2.47. The second-order valence-electron chi connectivity index (χ2n) is 4.12. The summed E-state index contributed by atoms with van der Waals surface area (Å²) in [6.45, 7) is 2.25. The van der Waals surface area contributed by atoms with Crippen LogP contribution >= 0.6 is 0 Å². The molecule has 2 rings (SSSR count). The topological polar surface area (TPSA) is 24.9 Å². The molecular formula is C12H18N2. The molecule has 1 aromatic heterocycles. The molecular weight excluding hydrogens is 172 g/mol. The summed E-state index contributed by atoms with van der Waals surface area (Å²) >= 11 is 0. The van der Waals surface area contributed by atoms with Crippen LogP contribution in [-0.4, -0.2) is 11.0 Å². The smallest absolute Gasteiger partial charge is 0.0528 e. The van der Waals surface area contributed by atoms with Crippen LogP contribution < -0.4 is 5.32 Å². The molecule has 2 heteroatoms. The highest BCUT2D eigenvalue weighted by atomic mass is 14.9. The summed E-state index contributed by atoms with van der Waals surface area (Å²) in [6.07, 6.45) is 9.06. The number of rotatable bonds is 5. The van der Waals surface area contributed by atoms with Crippen molar-refractivity contribution in [2.45, 2.75) is 38.6 Å². The first kappa shape index (κ1) is 9.50. The quantitative estimate of drug-likeness (QED) is 0.771. The number of nitrogens with one attached hydrogen (secondary N) is 1. The summed E-state index contributed by atoms with van der Waals surface area (Å²) in [6, 6.07) is 4.75. The zero-order chi connectivity index (χ0) is 9.80. The van der Waals surface area contributed by atoms with Crippen LogP contribution in [-0.2, 0) is 0 Å². The van der Waals surface area contributed by atoms with Crippen LogP contribution in [0.25, 0.3) is 0 Å². The molecule has 14 heavy (non-hydrogen) atoms. The van der Waals surface area contributed by atoms with Crippen LogP contribution in [0.3, 0.4) is 0 Å². The van der Waals surface area contributed by atoms with E-state index in [1.54, 1.807) is 0 Å². The number of aromatic nitrogens is 1. The fourth-order valence-electron chi connectivity index (χ4n) is 1.90. The Balaban J connectivity index is 1.93. The second-order valence-corrected chi connectivity index (χ2v) is 4.12. The Morgan fingerprint density at radius 1 is 1.57 bits per heavy atom. The molecule has 0 aliphatic heterocycles. The maximum atomic E-state index is 4.12. The molecule has 2 nitrogen and oxygen atoms in total. The molecule has 0 saturated heterocycles. The van der Waals surface area contributed by atoms with E-state index in [0.717, 1.165) is 11.6 Å². The third-order valence-corrected chi connectivity index (χ3v) is 2.80. The molecule has 0 bridgehead atoms. The van der Waals surface area contributed by atoms with Crippen molar-refractivity contribution in [2.24, 2.45) is 5.92 Å². The number of hydrogen-bond donors (Lipinski definition) is 1. The van der Waals surface area contributed by atoms with E-state index in [9.17, 15) is 0 Å². The van der Waals surface area contributed by atoms with Crippen LogP contribution in [0.4, 0.5) is 5.69 Å². The second kappa shape index (κ2) is 4.45. The van der Waals surface area contributed by atoms with E-state index >= 15 is 0 Å². The molecule has 1 aliphatic carbocycles. The fourth-order valence-corrected chi connectivity index (χ4v) is 1.90. The van der Waals surface area contributed by atoms with Gasteiger partial charge in [-0.25, -0.2) is 0 Å². The number of hydrogen-bond acceptors (Lipinski definition) is 2. The van der Waals surface area contributed by atoms with E-state index < -0.39 is 0 Å². The lowest BCUT2D eigenvalue weighted by Gasteiger charge is -2.18. The molecule has 1 heterocycles. The third-order valence-electron chi connectivity index (χ3n) is 2.80. The Kier molecular flexibility index (Phi) is 3.02. The lowest BCUT2D eigenvalue weighted by molar-refractivity contribution is 0.577. The van der Waals surface area contributed by atoms with E-state index in [-0.39, 0.29) is 0 Å². The summed E-state index contributed by atoms with van der Waals surface area (Å²) in [5, 5.41) is 3.58. The lowest BCUT2D eigenvalue weighted by atomic mass is 10.1. The van der Waals surface area contributed by atoms with E-state index in [1.807, 2.05) is 18.5 Å². The highest BCUT2D eigenvalue weighted by Gasteiger charge is 2.30. The fraction of sp³-hybridized carbons (Fsp3) is 0.583. The summed E-state index contributed by atoms with van der Waals surface area (Å²) in [4.78, 5) is 4.12. The molecule has 0 radical (unpaired) electrons. The minimum Gasteiger partial charge on any atom is -0.381 e. The van der Waals surface area contributed by atoms with Crippen LogP contribution in [0.2, 0.25) is 0 Å². The Morgan fingerprint density at radius 3 is 3.00 bits per heavy atom. The summed E-state index contributed by atoms with van der Waals surface area (Å²) in [5.74, 6) is 0.912. The average molecular weight is 190 g/mol. The summed E-state index contributed by atoms with van der Waals surface area (Å²) in [7, 11) is 0. The van der Waals surface area contributed by atoms with E-state index in [2.05, 4.69) is 23.3 Å². The Hall–Kier alpha value is -1.05. The van der Waals surface area contributed by atoms with E-state index in [4.69, 9.17) is 0 Å². The molecule has 1 aliphatic rings. The normalized spacial score (nSPS) is 17.8. The molecule has 1 N–H and O–H groups in total. The van der Waals surface area contributed by atoms with Gasteiger partial charge in [-0.05, 0) is 37.3 Å². The van der Waals surface area contributed by atoms with Crippen LogP contribution in [0.15, 0.2) is 24.5 Å². The summed E-state index contributed by atoms with van der Waals surface area (Å²) < 4.78 is 0. The van der Waals surface area contributed by atoms with Crippen molar-refractivity contribution in [2.75, 3.05) is 5.32 Å². The van der Waals surface area contributed by atoms with Crippen molar-refractivity contribution in [3.05, 3.63) is 24.5 Å². The van der Waals surface area contributed by atoms with Gasteiger partial charge in [-0.15, -0.1) is 0 Å². The van der Waals surface area contributed by atoms with Gasteiger partial charge >= 0.3 is 0 Å². The van der Waals surface area contributed by atoms with Gasteiger partial charge in [0, 0.05) is 18.4 Å². The largest absolute Gasteiger partial charge is 0.381 e. The van der Waals surface area contributed by atoms with E-state index in [0.29, 0.717) is 6.04 Å². The Bertz CT molecular complexity index is 267. The maximum absolute atomic E-state index is 4.12. The Labute approximate surface area is 85.7 Å². The molecule has 76 valence electrons. The van der Waals surface area contributed by atoms with Crippen molar-refractivity contribution in [1.29, 1.82) is 0 Å². The molecule has 1 aromatic rings. The minimum atomic E-state index is 0.671. The molecule has 1 unspecified atom stereocenters. The minimum absolute atomic E-state index is 0.671. The van der Waals surface area contributed by atoms with Crippen LogP contribution in [0.5, 0.6) is 0 Å². The Morgan fingerprint density at radius 2 is 2.43 bits per heavy atom. The lowest BCUT2D eigenvalue weighted by Crippen LogP contribution is -2.21. The zero-order valence-electron chi connectivity index (χ0n) is 8.74. The first-order chi connectivity index (χ1) is 6.90. The van der Waals surface area contributed by atoms with Crippen molar-refractivity contribution in [1.82, 2.24) is 4.98 Å². The molecule has 1 saturated carbocycles. The van der Waals surface area contributed by atoms with Gasteiger partial charge in [0.1, 0.15) is 0 Å². The van der Waals surface area contributed by atoms with Gasteiger partial charge in [0.15, 0.2) is 0 Å². The van der Waals surface area contributed by atoms with E-state index in [1.165, 1.54) is 25.7 Å². The van der Waals surface area contributed by atoms with Crippen molar-refractivity contribution < 1.29 is 0 Å². The molecule has 1 atom stereocenters. The maximum Gasteiger partial charge on any atom is 0.0528 e. The van der Waals surface area contributed by atoms with Crippen LogP contribution in [0, 0.1) is 5.92 Å². The number of anilines is 1.